The molecule has 0 spiro atoms. The standard InChI is InChI=1S/C26H28N4O3S/c1-18-12-14-30(15-13-18)26-11-10-24(27-28-26)20-5-2-6-21(16-20)29-34(32,33)22-9-8-19-4-3-7-25(31)23(19)17-22/h2,5-6,8-11,16-18,29H,3-4,7,12-15H2,1H3. The molecule has 1 aliphatic carbocycles. The number of Topliss-reactive ketones (excluding diaryl/α,β-unsaturated/α-hetero) is 1. The van der Waals surface area contributed by atoms with Gasteiger partial charge in [-0.2, -0.15) is 0 Å². The Morgan fingerprint density at radius 1 is 0.971 bits per heavy atom. The second-order valence-electron chi connectivity index (χ2n) is 9.23. The zero-order chi connectivity index (χ0) is 23.7. The first-order valence-electron chi connectivity index (χ1n) is 11.8. The highest BCUT2D eigenvalue weighted by molar-refractivity contribution is 7.92. The quantitative estimate of drug-likeness (QED) is 0.574. The van der Waals surface area contributed by atoms with Crippen molar-refractivity contribution in [1.82, 2.24) is 10.2 Å². The van der Waals surface area contributed by atoms with Crippen LogP contribution < -0.4 is 9.62 Å². The van der Waals surface area contributed by atoms with Gasteiger partial charge in [-0.15, -0.1) is 10.2 Å². The maximum Gasteiger partial charge on any atom is 0.261 e. The maximum atomic E-state index is 13.0. The average Bonchev–Trinajstić information content (AvgIpc) is 2.85. The predicted molar refractivity (Wildman–Crippen MR) is 133 cm³/mol. The molecule has 1 aliphatic heterocycles. The summed E-state index contributed by atoms with van der Waals surface area (Å²) in [4.78, 5) is 14.6. The topological polar surface area (TPSA) is 92.3 Å². The van der Waals surface area contributed by atoms with Crippen LogP contribution in [0.5, 0.6) is 0 Å². The molecule has 1 aromatic heterocycles. The van der Waals surface area contributed by atoms with Crippen LogP contribution in [-0.4, -0.2) is 37.5 Å². The van der Waals surface area contributed by atoms with Crippen LogP contribution in [0.4, 0.5) is 11.5 Å². The van der Waals surface area contributed by atoms with E-state index >= 15 is 0 Å². The van der Waals surface area contributed by atoms with Crippen LogP contribution in [0.15, 0.2) is 59.5 Å². The van der Waals surface area contributed by atoms with E-state index in [2.05, 4.69) is 26.7 Å². The lowest BCUT2D eigenvalue weighted by Crippen LogP contribution is -2.33. The van der Waals surface area contributed by atoms with E-state index in [-0.39, 0.29) is 10.7 Å². The van der Waals surface area contributed by atoms with Crippen molar-refractivity contribution in [3.8, 4) is 11.3 Å². The second kappa shape index (κ2) is 9.18. The molecular weight excluding hydrogens is 448 g/mol. The van der Waals surface area contributed by atoms with Gasteiger partial charge in [0.2, 0.25) is 0 Å². The number of hydrogen-bond acceptors (Lipinski definition) is 6. The molecule has 2 aliphatic rings. The summed E-state index contributed by atoms with van der Waals surface area (Å²) < 4.78 is 28.7. The molecular formula is C26H28N4O3S. The second-order valence-corrected chi connectivity index (χ2v) is 10.9. The molecule has 0 atom stereocenters. The van der Waals surface area contributed by atoms with Gasteiger partial charge in [0.15, 0.2) is 11.6 Å². The van der Waals surface area contributed by atoms with E-state index in [1.165, 1.54) is 6.07 Å². The summed E-state index contributed by atoms with van der Waals surface area (Å²) in [6, 6.07) is 15.8. The Morgan fingerprint density at radius 3 is 2.56 bits per heavy atom. The van der Waals surface area contributed by atoms with E-state index in [9.17, 15) is 13.2 Å². The molecule has 2 aromatic carbocycles. The summed E-state index contributed by atoms with van der Waals surface area (Å²) >= 11 is 0. The number of hydrogen-bond donors (Lipinski definition) is 1. The van der Waals surface area contributed by atoms with Gasteiger partial charge in [0.25, 0.3) is 10.0 Å². The molecule has 7 nitrogen and oxygen atoms in total. The number of carbonyl (C=O) groups excluding carboxylic acids is 1. The highest BCUT2D eigenvalue weighted by atomic mass is 32.2. The fourth-order valence-electron chi connectivity index (χ4n) is 4.62. The van der Waals surface area contributed by atoms with E-state index in [0.29, 0.717) is 23.4 Å². The molecule has 3 aromatic rings. The summed E-state index contributed by atoms with van der Waals surface area (Å²) in [5.41, 5.74) is 3.30. The van der Waals surface area contributed by atoms with Crippen LogP contribution in [0, 0.1) is 5.92 Å². The molecule has 5 rings (SSSR count). The van der Waals surface area contributed by atoms with Crippen LogP contribution in [0.2, 0.25) is 0 Å². The molecule has 0 unspecified atom stereocenters. The fourth-order valence-corrected chi connectivity index (χ4v) is 5.69. The summed E-state index contributed by atoms with van der Waals surface area (Å²) in [6.07, 6.45) is 4.38. The number of ketones is 1. The molecule has 0 saturated carbocycles. The molecule has 0 amide bonds. The summed E-state index contributed by atoms with van der Waals surface area (Å²) in [7, 11) is -3.84. The van der Waals surface area contributed by atoms with Crippen molar-refractivity contribution in [1.29, 1.82) is 0 Å². The van der Waals surface area contributed by atoms with Crippen molar-refractivity contribution < 1.29 is 13.2 Å². The van der Waals surface area contributed by atoms with E-state index in [1.54, 1.807) is 30.3 Å². The Labute approximate surface area is 200 Å². The van der Waals surface area contributed by atoms with Gasteiger partial charge < -0.3 is 4.90 Å². The van der Waals surface area contributed by atoms with Crippen molar-refractivity contribution in [3.63, 3.8) is 0 Å². The van der Waals surface area contributed by atoms with Crippen LogP contribution >= 0.6 is 0 Å². The zero-order valence-electron chi connectivity index (χ0n) is 19.2. The van der Waals surface area contributed by atoms with E-state index < -0.39 is 10.0 Å². The lowest BCUT2D eigenvalue weighted by molar-refractivity contribution is 0.0972. The third kappa shape index (κ3) is 4.68. The number of rotatable bonds is 5. The fraction of sp³-hybridized carbons (Fsp3) is 0.346. The predicted octanol–water partition coefficient (Wildman–Crippen LogP) is 4.70. The molecule has 1 saturated heterocycles. The third-order valence-electron chi connectivity index (χ3n) is 6.71. The Balaban J connectivity index is 1.34. The number of anilines is 2. The number of carbonyl (C=O) groups is 1. The number of aromatic nitrogens is 2. The number of nitrogens with zero attached hydrogens (tertiary/aromatic N) is 3. The first-order valence-corrected chi connectivity index (χ1v) is 13.3. The molecule has 1 fully saturated rings. The van der Waals surface area contributed by atoms with E-state index in [1.807, 2.05) is 18.2 Å². The summed E-state index contributed by atoms with van der Waals surface area (Å²) in [5.74, 6) is 1.62. The highest BCUT2D eigenvalue weighted by Crippen LogP contribution is 2.27. The first-order chi connectivity index (χ1) is 16.4. The Morgan fingerprint density at radius 2 is 1.79 bits per heavy atom. The van der Waals surface area contributed by atoms with Gasteiger partial charge in [-0.25, -0.2) is 8.42 Å². The van der Waals surface area contributed by atoms with Gasteiger partial charge in [0.1, 0.15) is 0 Å². The lowest BCUT2D eigenvalue weighted by Gasteiger charge is -2.30. The molecule has 2 heterocycles. The number of sulfonamides is 1. The molecule has 176 valence electrons. The molecule has 0 bridgehead atoms. The first kappa shape index (κ1) is 22.5. The number of nitrogens with one attached hydrogen (secondary N) is 1. The number of fused-ring (bicyclic) bond motifs is 1. The van der Waals surface area contributed by atoms with E-state index in [4.69, 9.17) is 0 Å². The van der Waals surface area contributed by atoms with Crippen molar-refractivity contribution >= 4 is 27.3 Å². The van der Waals surface area contributed by atoms with Gasteiger partial charge in [0.05, 0.1) is 10.6 Å². The number of piperidine rings is 1. The average molecular weight is 477 g/mol. The number of aryl methyl sites for hydroxylation is 1. The van der Waals surface area contributed by atoms with Crippen molar-refractivity contribution in [2.24, 2.45) is 5.92 Å². The van der Waals surface area contributed by atoms with Crippen molar-refractivity contribution in [2.45, 2.75) is 43.9 Å². The van der Waals surface area contributed by atoms with Gasteiger partial charge >= 0.3 is 0 Å². The van der Waals surface area contributed by atoms with Gasteiger partial charge in [0, 0.05) is 36.3 Å². The summed E-state index contributed by atoms with van der Waals surface area (Å²) in [5, 5.41) is 8.80. The van der Waals surface area contributed by atoms with Gasteiger partial charge in [-0.3, -0.25) is 9.52 Å². The van der Waals surface area contributed by atoms with Crippen LogP contribution in [0.1, 0.15) is 48.5 Å². The zero-order valence-corrected chi connectivity index (χ0v) is 20.0. The highest BCUT2D eigenvalue weighted by Gasteiger charge is 2.22. The normalized spacial score (nSPS) is 16.9. The van der Waals surface area contributed by atoms with Gasteiger partial charge in [-0.05, 0) is 73.6 Å². The minimum atomic E-state index is -3.84. The minimum absolute atomic E-state index is 0.00128. The maximum absolute atomic E-state index is 13.0. The van der Waals surface area contributed by atoms with E-state index in [0.717, 1.165) is 61.6 Å². The minimum Gasteiger partial charge on any atom is -0.355 e. The smallest absolute Gasteiger partial charge is 0.261 e. The van der Waals surface area contributed by atoms with Crippen LogP contribution in [0.3, 0.4) is 0 Å². The summed E-state index contributed by atoms with van der Waals surface area (Å²) in [6.45, 7) is 4.25. The molecule has 0 radical (unpaired) electrons. The Hall–Kier alpha value is -3.26. The molecule has 8 heteroatoms. The van der Waals surface area contributed by atoms with Crippen molar-refractivity contribution in [3.05, 3.63) is 65.7 Å². The van der Waals surface area contributed by atoms with Crippen LogP contribution in [0.25, 0.3) is 11.3 Å². The largest absolute Gasteiger partial charge is 0.355 e. The Bertz CT molecular complexity index is 1310. The van der Waals surface area contributed by atoms with Crippen molar-refractivity contribution in [2.75, 3.05) is 22.7 Å². The molecule has 1 N–H and O–H groups in total. The lowest BCUT2D eigenvalue weighted by atomic mass is 9.91. The van der Waals surface area contributed by atoms with Gasteiger partial charge in [-0.1, -0.05) is 25.1 Å². The SMILES string of the molecule is CC1CCN(c2ccc(-c3cccc(NS(=O)(=O)c4ccc5c(c4)C(=O)CCC5)c3)nn2)CC1. The monoisotopic (exact) mass is 476 g/mol. The third-order valence-corrected chi connectivity index (χ3v) is 8.09. The number of benzene rings is 2. The Kier molecular flexibility index (Phi) is 6.08. The van der Waals surface area contributed by atoms with Crippen LogP contribution in [-0.2, 0) is 16.4 Å². The molecule has 34 heavy (non-hydrogen) atoms.